The van der Waals surface area contributed by atoms with Gasteiger partial charge in [-0.1, -0.05) is 93.5 Å². The molecule has 34 heavy (non-hydrogen) atoms. The molecule has 0 spiro atoms. The Morgan fingerprint density at radius 3 is 1.56 bits per heavy atom. The third kappa shape index (κ3) is 8.87. The first-order valence-corrected chi connectivity index (χ1v) is 12.7. The average Bonchev–Trinajstić information content (AvgIpc) is 2.78. The van der Waals surface area contributed by atoms with Crippen molar-refractivity contribution in [3.63, 3.8) is 0 Å². The summed E-state index contributed by atoms with van der Waals surface area (Å²) in [6, 6.07) is 32.6. The molecule has 1 unspecified atom stereocenters. The van der Waals surface area contributed by atoms with E-state index in [0.29, 0.717) is 5.30 Å². The van der Waals surface area contributed by atoms with Gasteiger partial charge in [0.2, 0.25) is 0 Å². The molecule has 4 rings (SSSR count). The number of aromatic nitrogens is 1. The van der Waals surface area contributed by atoms with Crippen LogP contribution in [0.3, 0.4) is 0 Å². The van der Waals surface area contributed by atoms with Crippen molar-refractivity contribution in [2.45, 2.75) is 24.4 Å². The Kier molecular flexibility index (Phi) is 12.5. The van der Waals surface area contributed by atoms with Crippen molar-refractivity contribution in [2.24, 2.45) is 0 Å². The molecular weight excluding hydrogens is 556 g/mol. The van der Waals surface area contributed by atoms with Crippen LogP contribution in [0.4, 0.5) is 0 Å². The van der Waals surface area contributed by atoms with Crippen LogP contribution in [0.1, 0.15) is 28.2 Å². The monoisotopic (exact) mass is 584 g/mol. The molecule has 0 bridgehead atoms. The second-order valence-electron chi connectivity index (χ2n) is 7.29. The van der Waals surface area contributed by atoms with Crippen LogP contribution in [-0.2, 0) is 30.5 Å². The first kappa shape index (κ1) is 29.8. The molecule has 0 aliphatic carbocycles. The third-order valence-corrected chi connectivity index (χ3v) is 7.55. The van der Waals surface area contributed by atoms with E-state index in [1.807, 2.05) is 92.7 Å². The fourth-order valence-corrected chi connectivity index (χ4v) is 5.90. The van der Waals surface area contributed by atoms with Gasteiger partial charge in [-0.25, -0.2) is 0 Å². The van der Waals surface area contributed by atoms with Gasteiger partial charge in [0.1, 0.15) is 4.90 Å². The molecule has 1 aromatic heterocycles. The van der Waals surface area contributed by atoms with Gasteiger partial charge in [0.15, 0.2) is 0 Å². The first-order chi connectivity index (χ1) is 15.3. The molecule has 1 atom stereocenters. The van der Waals surface area contributed by atoms with Crippen molar-refractivity contribution >= 4 is 24.0 Å². The predicted octanol–water partition coefficient (Wildman–Crippen LogP) is 6.17. The molecule has 0 radical (unpaired) electrons. The topological polar surface area (TPSA) is 67.3 Å². The van der Waals surface area contributed by atoms with Gasteiger partial charge in [-0.05, 0) is 48.5 Å². The molecular formula is C27H29NO3PPdS-. The zero-order chi connectivity index (χ0) is 23.0. The van der Waals surface area contributed by atoms with Crippen molar-refractivity contribution in [3.05, 3.63) is 133 Å². The minimum atomic E-state index is -4.24. The largest absolute Gasteiger partial charge is 0.358 e. The number of pyridine rings is 1. The average molecular weight is 585 g/mol. The van der Waals surface area contributed by atoms with Gasteiger partial charge in [0.25, 0.3) is 10.1 Å². The summed E-state index contributed by atoms with van der Waals surface area (Å²) in [4.78, 5) is 4.16. The van der Waals surface area contributed by atoms with Gasteiger partial charge < -0.3 is 7.43 Å². The second-order valence-corrected chi connectivity index (χ2v) is 10.1. The van der Waals surface area contributed by atoms with Gasteiger partial charge >= 0.3 is 0 Å². The van der Waals surface area contributed by atoms with Crippen molar-refractivity contribution in [1.29, 1.82) is 0 Å². The van der Waals surface area contributed by atoms with E-state index in [1.165, 1.54) is 6.07 Å². The van der Waals surface area contributed by atoms with Gasteiger partial charge in [-0.3, -0.25) is 9.54 Å². The Labute approximate surface area is 219 Å². The van der Waals surface area contributed by atoms with E-state index in [9.17, 15) is 13.0 Å². The molecule has 4 nitrogen and oxygen atoms in total. The molecule has 4 aromatic rings. The van der Waals surface area contributed by atoms with E-state index in [1.54, 1.807) is 18.2 Å². The zero-order valence-electron chi connectivity index (χ0n) is 19.3. The van der Waals surface area contributed by atoms with E-state index in [0.717, 1.165) is 22.5 Å². The van der Waals surface area contributed by atoms with Gasteiger partial charge in [0, 0.05) is 37.5 Å². The normalized spacial score (nSPS) is 10.7. The zero-order valence-corrected chi connectivity index (χ0v) is 22.7. The smallest absolute Gasteiger partial charge is 0.295 e. The fourth-order valence-electron chi connectivity index (χ4n) is 3.30. The van der Waals surface area contributed by atoms with Crippen LogP contribution in [-0.4, -0.2) is 18.0 Å². The molecule has 182 valence electrons. The number of rotatable bonds is 5. The number of nitrogens with zero attached hydrogens (tertiary/aromatic N) is 1. The molecule has 1 N–H and O–H groups in total. The van der Waals surface area contributed by atoms with Gasteiger partial charge in [0.05, 0.1) is 0 Å². The van der Waals surface area contributed by atoms with Crippen molar-refractivity contribution in [1.82, 2.24) is 4.98 Å². The van der Waals surface area contributed by atoms with E-state index in [4.69, 9.17) is 0 Å². The Hall–Kier alpha value is -2.19. The van der Waals surface area contributed by atoms with Crippen LogP contribution in [0.25, 0.3) is 0 Å². The molecule has 0 fully saturated rings. The summed E-state index contributed by atoms with van der Waals surface area (Å²) in [7, 11) is -4.05. The third-order valence-electron chi connectivity index (χ3n) is 4.76. The predicted molar refractivity (Wildman–Crippen MR) is 139 cm³/mol. The molecule has 0 aliphatic heterocycles. The van der Waals surface area contributed by atoms with Crippen LogP contribution in [0.2, 0.25) is 0 Å². The van der Waals surface area contributed by atoms with Crippen molar-refractivity contribution in [3.8, 4) is 0 Å². The summed E-state index contributed by atoms with van der Waals surface area (Å²) in [6.07, 6.45) is 0. The SMILES string of the molecule is Cc1cccc(C)n1.O=S(=O)(O)c1ccccc1PC(c1ccccc1)c1ccccc1.[CH3-].[Pd]. The number of aryl methyl sites for hydroxylation is 2. The van der Waals surface area contributed by atoms with Crippen LogP contribution in [0.5, 0.6) is 0 Å². The van der Waals surface area contributed by atoms with Crippen LogP contribution in [0, 0.1) is 21.3 Å². The van der Waals surface area contributed by atoms with Crippen molar-refractivity contribution in [2.75, 3.05) is 0 Å². The van der Waals surface area contributed by atoms with E-state index in [2.05, 4.69) is 4.98 Å². The maximum absolute atomic E-state index is 11.7. The molecule has 0 aliphatic rings. The number of hydrogen-bond acceptors (Lipinski definition) is 3. The van der Waals surface area contributed by atoms with Crippen LogP contribution in [0.15, 0.2) is 108 Å². The molecule has 3 aromatic carbocycles. The molecule has 1 heterocycles. The van der Waals surface area contributed by atoms with Crippen molar-refractivity contribution < 1.29 is 33.4 Å². The minimum absolute atomic E-state index is 0. The summed E-state index contributed by atoms with van der Waals surface area (Å²) in [6.45, 7) is 3.99. The summed E-state index contributed by atoms with van der Waals surface area (Å²) in [5.74, 6) is 0. The standard InChI is InChI=1S/C19H17O3PS.C7H9N.CH3.Pd/c20-24(21,22)18-14-8-7-13-17(18)23-19(15-9-3-1-4-10-15)16-11-5-2-6-12-16;1-6-4-3-5-7(2)8-6;;/h1-14,19,23H,(H,20,21,22);3-5H,1-2H3;1H3;/q;;-1;. The minimum Gasteiger partial charge on any atom is -0.358 e. The number of hydrogen-bond donors (Lipinski definition) is 1. The number of benzene rings is 3. The Morgan fingerprint density at radius 2 is 1.15 bits per heavy atom. The maximum Gasteiger partial charge on any atom is 0.295 e. The Morgan fingerprint density at radius 1 is 0.706 bits per heavy atom. The van der Waals surface area contributed by atoms with Crippen LogP contribution >= 0.6 is 8.58 Å². The first-order valence-electron chi connectivity index (χ1n) is 10.2. The molecule has 0 saturated carbocycles. The quantitative estimate of drug-likeness (QED) is 0.132. The maximum atomic E-state index is 11.7. The molecule has 7 heteroatoms. The Bertz CT molecular complexity index is 1200. The second kappa shape index (κ2) is 14.3. The van der Waals surface area contributed by atoms with E-state index >= 15 is 0 Å². The van der Waals surface area contributed by atoms with Gasteiger partial charge in [-0.2, -0.15) is 8.42 Å². The van der Waals surface area contributed by atoms with E-state index in [-0.39, 0.29) is 47.0 Å². The van der Waals surface area contributed by atoms with E-state index < -0.39 is 10.1 Å². The van der Waals surface area contributed by atoms with Gasteiger partial charge in [-0.15, -0.1) is 0 Å². The summed E-state index contributed by atoms with van der Waals surface area (Å²) in [5, 5.41) is 0.637. The Balaban J connectivity index is 0.000000494. The summed E-state index contributed by atoms with van der Waals surface area (Å²) >= 11 is 0. The van der Waals surface area contributed by atoms with Crippen LogP contribution < -0.4 is 5.30 Å². The molecule has 0 saturated heterocycles. The summed E-state index contributed by atoms with van der Waals surface area (Å²) in [5.41, 5.74) is 4.45. The molecule has 0 amide bonds. The fraction of sp³-hybridized carbons (Fsp3) is 0.111. The summed E-state index contributed by atoms with van der Waals surface area (Å²) < 4.78 is 32.8.